The fourth-order valence-electron chi connectivity index (χ4n) is 3.33. The molecule has 7 heteroatoms. The highest BCUT2D eigenvalue weighted by Crippen LogP contribution is 2.24. The molecule has 1 aromatic heterocycles. The van der Waals surface area contributed by atoms with Gasteiger partial charge < -0.3 is 20.1 Å². The van der Waals surface area contributed by atoms with Crippen LogP contribution in [-0.2, 0) is 4.74 Å². The summed E-state index contributed by atoms with van der Waals surface area (Å²) in [6, 6.07) is 2.61. The van der Waals surface area contributed by atoms with Gasteiger partial charge in [0.05, 0.1) is 25.9 Å². The molecule has 1 aromatic rings. The Hall–Kier alpha value is -1.44. The Morgan fingerprint density at radius 3 is 2.96 bits per heavy atom. The molecule has 0 aromatic carbocycles. The number of hydrogen-bond acceptors (Lipinski definition) is 7. The average molecular weight is 321 g/mol. The lowest BCUT2D eigenvalue weighted by molar-refractivity contribution is 0.0227. The van der Waals surface area contributed by atoms with Gasteiger partial charge >= 0.3 is 0 Å². The monoisotopic (exact) mass is 321 g/mol. The normalized spacial score (nSPS) is 23.9. The Morgan fingerprint density at radius 2 is 2.17 bits per heavy atom. The summed E-state index contributed by atoms with van der Waals surface area (Å²) < 4.78 is 5.40. The van der Waals surface area contributed by atoms with Crippen molar-refractivity contribution in [2.24, 2.45) is 0 Å². The van der Waals surface area contributed by atoms with E-state index < -0.39 is 0 Å². The van der Waals surface area contributed by atoms with Crippen LogP contribution >= 0.6 is 0 Å². The molecule has 0 saturated carbocycles. The van der Waals surface area contributed by atoms with Crippen LogP contribution in [0.15, 0.2) is 12.4 Å². The number of rotatable bonds is 6. The predicted octanol–water partition coefficient (Wildman–Crippen LogP) is 0.570. The molecule has 3 rings (SSSR count). The predicted molar refractivity (Wildman–Crippen MR) is 89.8 cm³/mol. The Morgan fingerprint density at radius 1 is 1.35 bits per heavy atom. The van der Waals surface area contributed by atoms with E-state index in [4.69, 9.17) is 4.74 Å². The molecule has 0 spiro atoms. The highest BCUT2D eigenvalue weighted by atomic mass is 16.5. The molecule has 0 radical (unpaired) electrons. The number of hydrogen-bond donors (Lipinski definition) is 2. The topological polar surface area (TPSA) is 73.8 Å². The number of ether oxygens (including phenoxy) is 1. The number of nitrogens with one attached hydrogen (secondary N) is 1. The summed E-state index contributed by atoms with van der Waals surface area (Å²) in [7, 11) is 0. The summed E-state index contributed by atoms with van der Waals surface area (Å²) in [5.74, 6) is 1.75. The number of anilines is 2. The van der Waals surface area contributed by atoms with Gasteiger partial charge in [-0.05, 0) is 19.8 Å². The zero-order valence-corrected chi connectivity index (χ0v) is 13.8. The van der Waals surface area contributed by atoms with E-state index in [-0.39, 0.29) is 12.6 Å². The first-order valence-corrected chi connectivity index (χ1v) is 8.53. The standard InChI is InChI=1S/C16H27N5O2/c1-13(20-5-7-23-8-6-20)10-17-15-9-16(19-12-18-15)21-4-2-3-14(21)11-22/h9,12-14,22H,2-8,10-11H2,1H3,(H,17,18,19)/t13-,14+/m0/s1. The zero-order chi connectivity index (χ0) is 16.1. The Balaban J connectivity index is 1.57. The van der Waals surface area contributed by atoms with Crippen molar-refractivity contribution in [2.45, 2.75) is 31.8 Å². The Labute approximate surface area is 137 Å². The molecule has 2 N–H and O–H groups in total. The number of morpholine rings is 1. The number of aliphatic hydroxyl groups is 1. The van der Waals surface area contributed by atoms with Gasteiger partial charge in [0.2, 0.25) is 0 Å². The van der Waals surface area contributed by atoms with E-state index >= 15 is 0 Å². The van der Waals surface area contributed by atoms with Crippen molar-refractivity contribution in [1.29, 1.82) is 0 Å². The van der Waals surface area contributed by atoms with Gasteiger partial charge in [-0.15, -0.1) is 0 Å². The number of nitrogens with zero attached hydrogens (tertiary/aromatic N) is 4. The summed E-state index contributed by atoms with van der Waals surface area (Å²) in [6.07, 6.45) is 3.73. The van der Waals surface area contributed by atoms with Crippen molar-refractivity contribution < 1.29 is 9.84 Å². The van der Waals surface area contributed by atoms with E-state index in [1.165, 1.54) is 0 Å². The molecule has 3 heterocycles. The molecule has 2 fully saturated rings. The fourth-order valence-corrected chi connectivity index (χ4v) is 3.33. The second kappa shape index (κ2) is 7.90. The summed E-state index contributed by atoms with van der Waals surface area (Å²) in [6.45, 7) is 7.82. The minimum Gasteiger partial charge on any atom is -0.394 e. The average Bonchev–Trinajstić information content (AvgIpc) is 3.09. The van der Waals surface area contributed by atoms with Crippen molar-refractivity contribution in [3.05, 3.63) is 12.4 Å². The van der Waals surface area contributed by atoms with Crippen molar-refractivity contribution >= 4 is 11.6 Å². The smallest absolute Gasteiger partial charge is 0.134 e. The molecule has 0 bridgehead atoms. The van der Waals surface area contributed by atoms with Gasteiger partial charge in [-0.3, -0.25) is 4.90 Å². The minimum absolute atomic E-state index is 0.181. The van der Waals surface area contributed by atoms with Crippen LogP contribution in [0.3, 0.4) is 0 Å². The molecule has 0 amide bonds. The first-order valence-electron chi connectivity index (χ1n) is 8.53. The van der Waals surface area contributed by atoms with Crippen LogP contribution in [-0.4, -0.2) is 78.1 Å². The number of aromatic nitrogens is 2. The molecule has 2 atom stereocenters. The van der Waals surface area contributed by atoms with Gasteiger partial charge in [0, 0.05) is 38.3 Å². The summed E-state index contributed by atoms with van der Waals surface area (Å²) in [5, 5.41) is 12.9. The second-order valence-corrected chi connectivity index (χ2v) is 6.31. The molecule has 2 aliphatic rings. The van der Waals surface area contributed by atoms with Crippen LogP contribution in [0.5, 0.6) is 0 Å². The van der Waals surface area contributed by atoms with Gasteiger partial charge in [0.25, 0.3) is 0 Å². The van der Waals surface area contributed by atoms with Crippen molar-refractivity contribution in [3.63, 3.8) is 0 Å². The fraction of sp³-hybridized carbons (Fsp3) is 0.750. The first kappa shape index (κ1) is 16.4. The zero-order valence-electron chi connectivity index (χ0n) is 13.8. The lowest BCUT2D eigenvalue weighted by Gasteiger charge is -2.32. The van der Waals surface area contributed by atoms with Crippen molar-refractivity contribution in [1.82, 2.24) is 14.9 Å². The molecule has 2 aliphatic heterocycles. The maximum Gasteiger partial charge on any atom is 0.134 e. The largest absolute Gasteiger partial charge is 0.394 e. The molecule has 128 valence electrons. The minimum atomic E-state index is 0.181. The second-order valence-electron chi connectivity index (χ2n) is 6.31. The molecule has 23 heavy (non-hydrogen) atoms. The van der Waals surface area contributed by atoms with Crippen LogP contribution in [0.2, 0.25) is 0 Å². The summed E-state index contributed by atoms with van der Waals surface area (Å²) >= 11 is 0. The van der Waals surface area contributed by atoms with Crippen LogP contribution in [0.4, 0.5) is 11.6 Å². The molecule has 2 saturated heterocycles. The molecular formula is C16H27N5O2. The van der Waals surface area contributed by atoms with Crippen LogP contribution in [0.25, 0.3) is 0 Å². The van der Waals surface area contributed by atoms with Crippen molar-refractivity contribution in [3.8, 4) is 0 Å². The summed E-state index contributed by atoms with van der Waals surface area (Å²) in [5.41, 5.74) is 0. The maximum atomic E-state index is 9.47. The van der Waals surface area contributed by atoms with Crippen LogP contribution in [0.1, 0.15) is 19.8 Å². The Bertz CT molecular complexity index is 495. The molecule has 0 aliphatic carbocycles. The van der Waals surface area contributed by atoms with E-state index in [0.29, 0.717) is 6.04 Å². The van der Waals surface area contributed by atoms with Gasteiger partial charge in [-0.25, -0.2) is 9.97 Å². The lowest BCUT2D eigenvalue weighted by atomic mass is 10.2. The molecular weight excluding hydrogens is 294 g/mol. The van der Waals surface area contributed by atoms with Gasteiger partial charge in [-0.2, -0.15) is 0 Å². The van der Waals surface area contributed by atoms with Crippen molar-refractivity contribution in [2.75, 3.05) is 56.2 Å². The van der Waals surface area contributed by atoms with Gasteiger partial charge in [0.15, 0.2) is 0 Å². The molecule has 7 nitrogen and oxygen atoms in total. The third-order valence-corrected chi connectivity index (χ3v) is 4.78. The van der Waals surface area contributed by atoms with E-state index in [1.807, 2.05) is 6.07 Å². The first-order chi connectivity index (χ1) is 11.3. The van der Waals surface area contributed by atoms with Crippen LogP contribution in [0, 0.1) is 0 Å². The lowest BCUT2D eigenvalue weighted by Crippen LogP contribution is -2.45. The van der Waals surface area contributed by atoms with Gasteiger partial charge in [-0.1, -0.05) is 0 Å². The maximum absolute atomic E-state index is 9.47. The molecule has 0 unspecified atom stereocenters. The highest BCUT2D eigenvalue weighted by Gasteiger charge is 2.25. The van der Waals surface area contributed by atoms with E-state index in [1.54, 1.807) is 6.33 Å². The van der Waals surface area contributed by atoms with E-state index in [2.05, 4.69) is 32.0 Å². The van der Waals surface area contributed by atoms with E-state index in [9.17, 15) is 5.11 Å². The number of aliphatic hydroxyl groups excluding tert-OH is 1. The van der Waals surface area contributed by atoms with E-state index in [0.717, 1.165) is 63.9 Å². The quantitative estimate of drug-likeness (QED) is 0.793. The SMILES string of the molecule is C[C@@H](CNc1cc(N2CCC[C@@H]2CO)ncn1)N1CCOCC1. The third-order valence-electron chi connectivity index (χ3n) is 4.78. The highest BCUT2D eigenvalue weighted by molar-refractivity contribution is 5.49. The Kier molecular flexibility index (Phi) is 5.64. The van der Waals surface area contributed by atoms with Gasteiger partial charge in [0.1, 0.15) is 18.0 Å². The summed E-state index contributed by atoms with van der Waals surface area (Å²) in [4.78, 5) is 13.3. The van der Waals surface area contributed by atoms with Crippen LogP contribution < -0.4 is 10.2 Å². The third kappa shape index (κ3) is 4.10.